The van der Waals surface area contributed by atoms with Gasteiger partial charge in [0.05, 0.1) is 5.69 Å². The molecule has 1 aromatic heterocycles. The topological polar surface area (TPSA) is 24.9 Å². The first-order valence-electron chi connectivity index (χ1n) is 5.38. The zero-order chi connectivity index (χ0) is 11.6. The molecule has 0 aromatic carbocycles. The van der Waals surface area contributed by atoms with Crippen LogP contribution in [0, 0.1) is 0 Å². The van der Waals surface area contributed by atoms with Gasteiger partial charge in [-0.05, 0) is 19.1 Å². The van der Waals surface area contributed by atoms with Crippen molar-refractivity contribution >= 4 is 0 Å². The van der Waals surface area contributed by atoms with Crippen molar-refractivity contribution in [1.82, 2.24) is 10.3 Å². The molecule has 1 N–H and O–H groups in total. The van der Waals surface area contributed by atoms with Crippen LogP contribution in [0.4, 0.5) is 0 Å². The molecular weight excluding hydrogens is 196 g/mol. The maximum Gasteiger partial charge on any atom is 0.0541 e. The summed E-state index contributed by atoms with van der Waals surface area (Å²) in [6.45, 7) is 7.39. The Labute approximate surface area is 97.4 Å². The van der Waals surface area contributed by atoms with Crippen LogP contribution in [0.5, 0.6) is 0 Å². The zero-order valence-corrected chi connectivity index (χ0v) is 9.69. The lowest BCUT2D eigenvalue weighted by Crippen LogP contribution is -2.16. The molecule has 0 aliphatic rings. The first kappa shape index (κ1) is 12.4. The molecule has 0 atom stereocenters. The fourth-order valence-electron chi connectivity index (χ4n) is 1.25. The Morgan fingerprint density at radius 2 is 2.31 bits per heavy atom. The van der Waals surface area contributed by atoms with Crippen LogP contribution < -0.4 is 5.32 Å². The average molecular weight is 214 g/mol. The van der Waals surface area contributed by atoms with Crippen molar-refractivity contribution in [2.75, 3.05) is 6.54 Å². The fraction of sp³-hybridized carbons (Fsp3) is 0.214. The molecule has 2 heteroatoms. The molecule has 0 bridgehead atoms. The van der Waals surface area contributed by atoms with Gasteiger partial charge in [0.25, 0.3) is 0 Å². The van der Waals surface area contributed by atoms with Crippen LogP contribution in [0.1, 0.15) is 12.6 Å². The third-order valence-corrected chi connectivity index (χ3v) is 2.06. The lowest BCUT2D eigenvalue weighted by atomic mass is 10.2. The number of nitrogens with one attached hydrogen (secondary N) is 1. The Kier molecular flexibility index (Phi) is 5.89. The van der Waals surface area contributed by atoms with Crippen molar-refractivity contribution in [2.45, 2.75) is 13.5 Å². The van der Waals surface area contributed by atoms with Crippen LogP contribution in [-0.4, -0.2) is 11.5 Å². The summed E-state index contributed by atoms with van der Waals surface area (Å²) < 4.78 is 0. The van der Waals surface area contributed by atoms with Gasteiger partial charge >= 0.3 is 0 Å². The van der Waals surface area contributed by atoms with Gasteiger partial charge in [-0.1, -0.05) is 42.5 Å². The van der Waals surface area contributed by atoms with Gasteiger partial charge in [0.15, 0.2) is 0 Å². The number of aromatic nitrogens is 1. The Balaban J connectivity index is 2.28. The number of hydrogen-bond donors (Lipinski definition) is 1. The van der Waals surface area contributed by atoms with E-state index >= 15 is 0 Å². The molecule has 0 fully saturated rings. The van der Waals surface area contributed by atoms with Gasteiger partial charge in [-0.3, -0.25) is 4.98 Å². The van der Waals surface area contributed by atoms with Crippen molar-refractivity contribution in [3.8, 4) is 0 Å². The minimum Gasteiger partial charge on any atom is -0.307 e. The lowest BCUT2D eigenvalue weighted by molar-refractivity contribution is 0.722. The summed E-state index contributed by atoms with van der Waals surface area (Å²) in [6, 6.07) is 5.94. The second kappa shape index (κ2) is 7.60. The molecule has 1 heterocycles. The standard InChI is InChI=1S/C14H18N2/c1-3-4-5-8-13(2)11-15-12-14-9-6-7-10-16-14/h3-10,15H,1,11-12H2,2H3/b5-4-,13-8+. The van der Waals surface area contributed by atoms with E-state index in [1.165, 1.54) is 5.57 Å². The molecule has 0 radical (unpaired) electrons. The van der Waals surface area contributed by atoms with Gasteiger partial charge in [-0.2, -0.15) is 0 Å². The van der Waals surface area contributed by atoms with Crippen LogP contribution in [-0.2, 0) is 6.54 Å². The molecule has 0 saturated heterocycles. The van der Waals surface area contributed by atoms with E-state index in [0.717, 1.165) is 18.8 Å². The summed E-state index contributed by atoms with van der Waals surface area (Å²) in [4.78, 5) is 4.24. The number of allylic oxidation sites excluding steroid dienone is 4. The summed E-state index contributed by atoms with van der Waals surface area (Å²) >= 11 is 0. The van der Waals surface area contributed by atoms with Crippen LogP contribution >= 0.6 is 0 Å². The quantitative estimate of drug-likeness (QED) is 0.736. The summed E-state index contributed by atoms with van der Waals surface area (Å²) in [7, 11) is 0. The van der Waals surface area contributed by atoms with Crippen LogP contribution in [0.3, 0.4) is 0 Å². The number of nitrogens with zero attached hydrogens (tertiary/aromatic N) is 1. The van der Waals surface area contributed by atoms with Crippen molar-refractivity contribution in [3.63, 3.8) is 0 Å². The third-order valence-electron chi connectivity index (χ3n) is 2.06. The first-order chi connectivity index (χ1) is 7.83. The molecule has 2 nitrogen and oxygen atoms in total. The Morgan fingerprint density at radius 1 is 1.44 bits per heavy atom. The fourth-order valence-corrected chi connectivity index (χ4v) is 1.25. The monoisotopic (exact) mass is 214 g/mol. The molecule has 0 saturated carbocycles. The highest BCUT2D eigenvalue weighted by molar-refractivity contribution is 5.15. The van der Waals surface area contributed by atoms with E-state index in [-0.39, 0.29) is 0 Å². The predicted molar refractivity (Wildman–Crippen MR) is 69.0 cm³/mol. The first-order valence-corrected chi connectivity index (χ1v) is 5.38. The van der Waals surface area contributed by atoms with Crippen LogP contribution in [0.25, 0.3) is 0 Å². The van der Waals surface area contributed by atoms with E-state index in [1.807, 2.05) is 36.5 Å². The molecule has 0 unspecified atom stereocenters. The maximum atomic E-state index is 4.24. The average Bonchev–Trinajstić information content (AvgIpc) is 2.31. The normalized spacial score (nSPS) is 11.9. The number of pyridine rings is 1. The van der Waals surface area contributed by atoms with Gasteiger partial charge in [-0.25, -0.2) is 0 Å². The summed E-state index contributed by atoms with van der Waals surface area (Å²) in [5.41, 5.74) is 2.35. The SMILES string of the molecule is C=C/C=C\C=C(/C)CNCc1ccccn1. The molecular formula is C14H18N2. The van der Waals surface area contributed by atoms with Crippen LogP contribution in [0.2, 0.25) is 0 Å². The zero-order valence-electron chi connectivity index (χ0n) is 9.69. The van der Waals surface area contributed by atoms with Gasteiger partial charge in [0, 0.05) is 19.3 Å². The lowest BCUT2D eigenvalue weighted by Gasteiger charge is -2.03. The molecule has 16 heavy (non-hydrogen) atoms. The highest BCUT2D eigenvalue weighted by atomic mass is 14.9. The second-order valence-corrected chi connectivity index (χ2v) is 3.56. The van der Waals surface area contributed by atoms with Crippen molar-refractivity contribution in [3.05, 3.63) is 66.5 Å². The highest BCUT2D eigenvalue weighted by Crippen LogP contribution is 1.95. The predicted octanol–water partition coefficient (Wildman–Crippen LogP) is 2.86. The number of hydrogen-bond acceptors (Lipinski definition) is 2. The minimum absolute atomic E-state index is 0.803. The molecule has 0 aliphatic heterocycles. The molecule has 1 rings (SSSR count). The van der Waals surface area contributed by atoms with E-state index in [1.54, 1.807) is 6.08 Å². The van der Waals surface area contributed by atoms with Gasteiger partial charge in [0.1, 0.15) is 0 Å². The Hall–Kier alpha value is -1.67. The van der Waals surface area contributed by atoms with Crippen molar-refractivity contribution < 1.29 is 0 Å². The van der Waals surface area contributed by atoms with E-state index < -0.39 is 0 Å². The summed E-state index contributed by atoms with van der Waals surface area (Å²) in [5, 5.41) is 3.34. The summed E-state index contributed by atoms with van der Waals surface area (Å²) in [5.74, 6) is 0. The number of rotatable bonds is 6. The molecule has 0 amide bonds. The van der Waals surface area contributed by atoms with Crippen molar-refractivity contribution in [2.24, 2.45) is 0 Å². The summed E-state index contributed by atoms with van der Waals surface area (Å²) in [6.07, 6.45) is 9.57. The van der Waals surface area contributed by atoms with Crippen LogP contribution in [0.15, 0.2) is 60.9 Å². The van der Waals surface area contributed by atoms with Gasteiger partial charge in [-0.15, -0.1) is 0 Å². The van der Waals surface area contributed by atoms with E-state index in [0.29, 0.717) is 0 Å². The van der Waals surface area contributed by atoms with E-state index in [2.05, 4.69) is 29.9 Å². The van der Waals surface area contributed by atoms with Crippen molar-refractivity contribution in [1.29, 1.82) is 0 Å². The van der Waals surface area contributed by atoms with Gasteiger partial charge in [0.2, 0.25) is 0 Å². The third kappa shape index (κ3) is 5.27. The highest BCUT2D eigenvalue weighted by Gasteiger charge is 1.92. The largest absolute Gasteiger partial charge is 0.307 e. The smallest absolute Gasteiger partial charge is 0.0541 e. The van der Waals surface area contributed by atoms with E-state index in [4.69, 9.17) is 0 Å². The second-order valence-electron chi connectivity index (χ2n) is 3.56. The van der Waals surface area contributed by atoms with E-state index in [9.17, 15) is 0 Å². The maximum absolute atomic E-state index is 4.24. The molecule has 0 aliphatic carbocycles. The molecule has 1 aromatic rings. The Bertz CT molecular complexity index is 364. The Morgan fingerprint density at radius 3 is 3.00 bits per heavy atom. The molecule has 84 valence electrons. The minimum atomic E-state index is 0.803. The van der Waals surface area contributed by atoms with Gasteiger partial charge < -0.3 is 5.32 Å². The molecule has 0 spiro atoms.